The lowest BCUT2D eigenvalue weighted by molar-refractivity contribution is 0.794. The van der Waals surface area contributed by atoms with Gasteiger partial charge in [0.1, 0.15) is 0 Å². The Morgan fingerprint density at radius 2 is 0.922 bits per heavy atom. The Hall–Kier alpha value is -7.98. The van der Waals surface area contributed by atoms with Gasteiger partial charge in [-0.05, 0) is 117 Å². The second kappa shape index (κ2) is 12.6. The van der Waals surface area contributed by atoms with Crippen molar-refractivity contribution in [2.75, 3.05) is 4.90 Å². The van der Waals surface area contributed by atoms with Crippen molar-refractivity contribution in [2.24, 2.45) is 0 Å². The molecule has 0 amide bonds. The van der Waals surface area contributed by atoms with Gasteiger partial charge in [-0.25, -0.2) is 0 Å². The molecule has 10 aromatic carbocycles. The fourth-order valence-electron chi connectivity index (χ4n) is 12.0. The van der Waals surface area contributed by atoms with E-state index in [4.69, 9.17) is 0 Å². The van der Waals surface area contributed by atoms with Crippen molar-refractivity contribution >= 4 is 86.7 Å². The molecule has 0 bridgehead atoms. The fraction of sp³-hybridized carbons (Fsp3) is 0.0164. The molecule has 0 unspecified atom stereocenters. The normalized spacial score (nSPS) is 13.4. The van der Waals surface area contributed by atoms with E-state index in [0.29, 0.717) is 0 Å². The number of hydrogen-bond donors (Lipinski definition) is 0. The van der Waals surface area contributed by atoms with Gasteiger partial charge in [0.15, 0.2) is 0 Å². The average molecular weight is 829 g/mol. The van der Waals surface area contributed by atoms with E-state index in [2.05, 4.69) is 228 Å². The highest BCUT2D eigenvalue weighted by molar-refractivity contribution is 7.25. The first-order valence-corrected chi connectivity index (χ1v) is 23.0. The largest absolute Gasteiger partial charge is 0.310 e. The summed E-state index contributed by atoms with van der Waals surface area (Å²) in [6, 6.07) is 81.8. The summed E-state index contributed by atoms with van der Waals surface area (Å²) in [5, 5.41) is 7.81. The monoisotopic (exact) mass is 828 g/mol. The maximum absolute atomic E-state index is 2.58. The zero-order valence-electron chi connectivity index (χ0n) is 34.6. The summed E-state index contributed by atoms with van der Waals surface area (Å²) >= 11 is 1.87. The summed E-state index contributed by atoms with van der Waals surface area (Å²) in [5.74, 6) is 0. The molecule has 13 aromatic rings. The van der Waals surface area contributed by atoms with Crippen LogP contribution < -0.4 is 4.90 Å². The summed E-state index contributed by atoms with van der Waals surface area (Å²) in [7, 11) is 0. The van der Waals surface area contributed by atoms with Crippen LogP contribution in [0.1, 0.15) is 22.3 Å². The van der Waals surface area contributed by atoms with Gasteiger partial charge in [0.2, 0.25) is 0 Å². The Labute approximate surface area is 373 Å². The van der Waals surface area contributed by atoms with Crippen LogP contribution >= 0.6 is 11.3 Å². The number of benzene rings is 10. The Kier molecular flexibility index (Phi) is 6.79. The topological polar surface area (TPSA) is 7.65 Å². The van der Waals surface area contributed by atoms with Crippen LogP contribution in [0, 0.1) is 0 Å². The van der Waals surface area contributed by atoms with Gasteiger partial charge in [0.05, 0.1) is 22.0 Å². The van der Waals surface area contributed by atoms with Crippen molar-refractivity contribution in [3.63, 3.8) is 0 Å². The minimum atomic E-state index is -0.480. The lowest BCUT2D eigenvalue weighted by atomic mass is 9.70. The summed E-state index contributed by atoms with van der Waals surface area (Å²) in [5.41, 5.74) is 20.0. The summed E-state index contributed by atoms with van der Waals surface area (Å²) in [4.78, 5) is 2.36. The van der Waals surface area contributed by atoms with E-state index >= 15 is 0 Å². The van der Waals surface area contributed by atoms with Gasteiger partial charge in [-0.1, -0.05) is 152 Å². The van der Waals surface area contributed by atoms with Gasteiger partial charge >= 0.3 is 0 Å². The molecule has 0 radical (unpaired) electrons. The predicted molar refractivity (Wildman–Crippen MR) is 270 cm³/mol. The SMILES string of the molecule is c1ccc(N(c2ccccc2)c2ccc3sc4ccc(-c5ccc6c(c5)C5(c7ccccc7-c7ccccc75)c5ccc7c8cccc9c%10ccccc%10n(c7c5-6)c98)cc4c3c2)cc1. The second-order valence-corrected chi connectivity index (χ2v) is 18.6. The Morgan fingerprint density at radius 1 is 0.344 bits per heavy atom. The van der Waals surface area contributed by atoms with Gasteiger partial charge in [-0.3, -0.25) is 0 Å². The maximum atomic E-state index is 2.58. The first kappa shape index (κ1) is 34.6. The quantitative estimate of drug-likeness (QED) is 0.171. The first-order valence-electron chi connectivity index (χ1n) is 22.2. The number of hydrogen-bond acceptors (Lipinski definition) is 2. The number of thiophene rings is 1. The van der Waals surface area contributed by atoms with E-state index < -0.39 is 5.41 Å². The number of para-hydroxylation sites is 4. The van der Waals surface area contributed by atoms with Gasteiger partial charge in [0, 0.05) is 64.3 Å². The zero-order chi connectivity index (χ0) is 41.7. The number of rotatable bonds is 4. The third-order valence-electron chi connectivity index (χ3n) is 14.5. The number of fused-ring (bicyclic) bond motifs is 20. The summed E-state index contributed by atoms with van der Waals surface area (Å²) in [6.45, 7) is 0. The number of nitrogens with zero attached hydrogens (tertiary/aromatic N) is 2. The molecular weight excluding hydrogens is 793 g/mol. The van der Waals surface area contributed by atoms with Crippen molar-refractivity contribution in [3.8, 4) is 33.4 Å². The van der Waals surface area contributed by atoms with E-state index in [-0.39, 0.29) is 0 Å². The van der Waals surface area contributed by atoms with Crippen molar-refractivity contribution < 1.29 is 0 Å². The molecule has 3 aromatic heterocycles. The second-order valence-electron chi connectivity index (χ2n) is 17.5. The minimum absolute atomic E-state index is 0.480. The van der Waals surface area contributed by atoms with Crippen LogP contribution in [-0.4, -0.2) is 4.40 Å². The molecule has 0 N–H and O–H groups in total. The Bertz CT molecular complexity index is 4000. The molecule has 0 saturated heterocycles. The first-order chi connectivity index (χ1) is 31.8. The third kappa shape index (κ3) is 4.34. The van der Waals surface area contributed by atoms with E-state index in [0.717, 1.165) is 17.1 Å². The van der Waals surface area contributed by atoms with Gasteiger partial charge in [-0.15, -0.1) is 11.3 Å². The highest BCUT2D eigenvalue weighted by Crippen LogP contribution is 2.64. The van der Waals surface area contributed by atoms with E-state index in [1.165, 1.54) is 114 Å². The highest BCUT2D eigenvalue weighted by atomic mass is 32.1. The standard InChI is InChI=1S/C61H36N2S/c1-3-14-39(15-4-1)62(40-16-5-2-6-17-40)41-28-33-57-50(36-41)49-34-37(27-32-56(49)64-57)38-26-29-48-54(35-38)61(51-23-10-7-18-42(51)43-19-8-11-24-52(43)61)53-31-30-47-46-22-13-21-45-44-20-9-12-25-55(44)63(59(45)46)60(47)58(48)53/h1-36H. The Morgan fingerprint density at radius 3 is 1.67 bits per heavy atom. The maximum Gasteiger partial charge on any atom is 0.0726 e. The van der Waals surface area contributed by atoms with Crippen LogP contribution in [-0.2, 0) is 5.41 Å². The van der Waals surface area contributed by atoms with E-state index in [1.807, 2.05) is 11.3 Å². The predicted octanol–water partition coefficient (Wildman–Crippen LogP) is 16.7. The molecule has 1 spiro atoms. The van der Waals surface area contributed by atoms with Crippen molar-refractivity contribution in [1.29, 1.82) is 0 Å². The summed E-state index contributed by atoms with van der Waals surface area (Å²) < 4.78 is 5.17. The molecule has 15 rings (SSSR count). The van der Waals surface area contributed by atoms with Crippen LogP contribution in [0.4, 0.5) is 17.1 Å². The third-order valence-corrected chi connectivity index (χ3v) is 15.7. The van der Waals surface area contributed by atoms with Crippen LogP contribution in [0.3, 0.4) is 0 Å². The highest BCUT2D eigenvalue weighted by Gasteiger charge is 2.52. The van der Waals surface area contributed by atoms with E-state index in [1.54, 1.807) is 0 Å². The lowest BCUT2D eigenvalue weighted by Crippen LogP contribution is -2.25. The molecule has 2 nitrogen and oxygen atoms in total. The van der Waals surface area contributed by atoms with Crippen LogP contribution in [0.2, 0.25) is 0 Å². The van der Waals surface area contributed by atoms with Gasteiger partial charge < -0.3 is 9.30 Å². The molecule has 0 atom stereocenters. The summed E-state index contributed by atoms with van der Waals surface area (Å²) in [6.07, 6.45) is 0. The van der Waals surface area contributed by atoms with Crippen LogP contribution in [0.25, 0.3) is 91.6 Å². The lowest BCUT2D eigenvalue weighted by Gasteiger charge is -2.30. The van der Waals surface area contributed by atoms with Crippen molar-refractivity contribution in [2.45, 2.75) is 5.41 Å². The van der Waals surface area contributed by atoms with Crippen molar-refractivity contribution in [3.05, 3.63) is 241 Å². The fourth-order valence-corrected chi connectivity index (χ4v) is 13.1. The number of aromatic nitrogens is 1. The molecule has 0 fully saturated rings. The van der Waals surface area contributed by atoms with E-state index in [9.17, 15) is 0 Å². The molecule has 0 saturated carbocycles. The van der Waals surface area contributed by atoms with Gasteiger partial charge in [-0.2, -0.15) is 0 Å². The molecule has 2 aliphatic rings. The average Bonchev–Trinajstić information content (AvgIpc) is 4.14. The molecule has 3 heterocycles. The molecular formula is C61H36N2S. The molecule has 64 heavy (non-hydrogen) atoms. The molecule has 2 aliphatic carbocycles. The molecule has 3 heteroatoms. The minimum Gasteiger partial charge on any atom is -0.310 e. The van der Waals surface area contributed by atoms with Crippen molar-refractivity contribution in [1.82, 2.24) is 4.40 Å². The molecule has 0 aliphatic heterocycles. The zero-order valence-corrected chi connectivity index (χ0v) is 35.4. The smallest absolute Gasteiger partial charge is 0.0726 e. The molecule has 296 valence electrons. The van der Waals surface area contributed by atoms with Gasteiger partial charge in [0.25, 0.3) is 0 Å². The van der Waals surface area contributed by atoms with Crippen LogP contribution in [0.15, 0.2) is 218 Å². The van der Waals surface area contributed by atoms with Crippen LogP contribution in [0.5, 0.6) is 0 Å². The Balaban J connectivity index is 0.988. The number of anilines is 3.